The molecule has 0 bridgehead atoms. The van der Waals surface area contributed by atoms with E-state index in [0.717, 1.165) is 4.68 Å². The van der Waals surface area contributed by atoms with E-state index < -0.39 is 11.2 Å². The molecule has 1 N–H and O–H groups in total. The third-order valence-electron chi connectivity index (χ3n) is 4.12. The molecule has 0 fully saturated rings. The summed E-state index contributed by atoms with van der Waals surface area (Å²) in [6, 6.07) is 8.39. The quantitative estimate of drug-likeness (QED) is 0.532. The van der Waals surface area contributed by atoms with Gasteiger partial charge in [-0.2, -0.15) is 5.10 Å². The van der Waals surface area contributed by atoms with Crippen LogP contribution in [0.5, 0.6) is 11.5 Å². The van der Waals surface area contributed by atoms with E-state index in [1.165, 1.54) is 13.3 Å². The predicted octanol–water partition coefficient (Wildman–Crippen LogP) is 4.42. The number of ether oxygens (including phenoxy) is 2. The number of benzene rings is 2. The van der Waals surface area contributed by atoms with E-state index in [0.29, 0.717) is 44.1 Å². The first-order valence-electron chi connectivity index (χ1n) is 9.09. The molecule has 0 aliphatic heterocycles. The molecule has 7 nitrogen and oxygen atoms in total. The number of methoxy groups -OCH3 is 1. The lowest BCUT2D eigenvalue weighted by molar-refractivity contribution is 0.191. The number of H-pyrrole nitrogens is 1. The van der Waals surface area contributed by atoms with E-state index in [-0.39, 0.29) is 5.41 Å². The Labute approximate surface area is 186 Å². The van der Waals surface area contributed by atoms with Crippen LogP contribution in [-0.4, -0.2) is 29.6 Å². The van der Waals surface area contributed by atoms with E-state index in [1.54, 1.807) is 30.3 Å². The molecule has 0 unspecified atom stereocenters. The van der Waals surface area contributed by atoms with Gasteiger partial charge in [0.25, 0.3) is 5.56 Å². The van der Waals surface area contributed by atoms with Gasteiger partial charge in [0.1, 0.15) is 5.02 Å². The minimum absolute atomic E-state index is 0.0702. The van der Waals surface area contributed by atoms with Crippen LogP contribution in [0.2, 0.25) is 5.02 Å². The Hall–Kier alpha value is -2.58. The van der Waals surface area contributed by atoms with Gasteiger partial charge in [-0.05, 0) is 39.5 Å². The first-order chi connectivity index (χ1) is 14.1. The number of hydrogen-bond donors (Lipinski definition) is 1. The van der Waals surface area contributed by atoms with Gasteiger partial charge in [-0.15, -0.1) is 4.68 Å². The number of rotatable bonds is 5. The van der Waals surface area contributed by atoms with Crippen LogP contribution in [0, 0.1) is 5.41 Å². The molecule has 0 radical (unpaired) electrons. The highest BCUT2D eigenvalue weighted by Crippen LogP contribution is 2.42. The molecule has 0 spiro atoms. The van der Waals surface area contributed by atoms with Crippen molar-refractivity contribution in [2.24, 2.45) is 10.5 Å². The maximum atomic E-state index is 12.6. The van der Waals surface area contributed by atoms with Gasteiger partial charge in [-0.3, -0.25) is 4.79 Å². The SMILES string of the molecule is COc1cc(C=Nn2c(=O)[nH]c3ccccc3c2=O)c(Br)c(Cl)c1OCC(C)(C)C. The monoisotopic (exact) mass is 493 g/mol. The third kappa shape index (κ3) is 4.60. The predicted molar refractivity (Wildman–Crippen MR) is 122 cm³/mol. The van der Waals surface area contributed by atoms with E-state index in [4.69, 9.17) is 21.1 Å². The summed E-state index contributed by atoms with van der Waals surface area (Å²) in [6.07, 6.45) is 1.36. The molecule has 0 saturated carbocycles. The summed E-state index contributed by atoms with van der Waals surface area (Å²) in [7, 11) is 1.50. The largest absolute Gasteiger partial charge is 0.493 e. The summed E-state index contributed by atoms with van der Waals surface area (Å²) < 4.78 is 12.5. The second kappa shape index (κ2) is 8.65. The molecule has 0 aliphatic rings. The lowest BCUT2D eigenvalue weighted by Crippen LogP contribution is -2.32. The van der Waals surface area contributed by atoms with Crippen molar-refractivity contribution in [1.29, 1.82) is 0 Å². The Kier molecular flexibility index (Phi) is 6.38. The number of nitrogens with zero attached hydrogens (tertiary/aromatic N) is 2. The number of halogens is 2. The number of nitrogens with one attached hydrogen (secondary N) is 1. The van der Waals surface area contributed by atoms with Gasteiger partial charge in [-0.25, -0.2) is 4.79 Å². The van der Waals surface area contributed by atoms with E-state index in [9.17, 15) is 9.59 Å². The lowest BCUT2D eigenvalue weighted by Gasteiger charge is -2.21. The highest BCUT2D eigenvalue weighted by Gasteiger charge is 2.20. The van der Waals surface area contributed by atoms with Crippen LogP contribution in [0.1, 0.15) is 26.3 Å². The smallest absolute Gasteiger partial charge is 0.349 e. The Balaban J connectivity index is 2.04. The number of fused-ring (bicyclic) bond motifs is 1. The fourth-order valence-corrected chi connectivity index (χ4v) is 3.31. The van der Waals surface area contributed by atoms with Crippen LogP contribution < -0.4 is 20.7 Å². The summed E-state index contributed by atoms with van der Waals surface area (Å²) in [5.41, 5.74) is -0.275. The average molecular weight is 495 g/mol. The van der Waals surface area contributed by atoms with Crippen molar-refractivity contribution < 1.29 is 9.47 Å². The van der Waals surface area contributed by atoms with Crippen molar-refractivity contribution in [3.8, 4) is 11.5 Å². The molecule has 30 heavy (non-hydrogen) atoms. The number of hydrogen-bond acceptors (Lipinski definition) is 5. The number of para-hydroxylation sites is 1. The lowest BCUT2D eigenvalue weighted by atomic mass is 9.99. The fourth-order valence-electron chi connectivity index (χ4n) is 2.65. The molecular weight excluding hydrogens is 474 g/mol. The number of aromatic amines is 1. The van der Waals surface area contributed by atoms with Crippen LogP contribution in [0.25, 0.3) is 10.9 Å². The maximum absolute atomic E-state index is 12.6. The molecule has 0 atom stereocenters. The molecule has 3 aromatic rings. The van der Waals surface area contributed by atoms with Gasteiger partial charge >= 0.3 is 5.69 Å². The first-order valence-corrected chi connectivity index (χ1v) is 10.3. The molecule has 2 aromatic carbocycles. The zero-order chi connectivity index (χ0) is 22.1. The highest BCUT2D eigenvalue weighted by atomic mass is 79.9. The Morgan fingerprint density at radius 2 is 1.97 bits per heavy atom. The Morgan fingerprint density at radius 3 is 2.63 bits per heavy atom. The van der Waals surface area contributed by atoms with Gasteiger partial charge in [0.05, 0.1) is 30.8 Å². The average Bonchev–Trinajstić information content (AvgIpc) is 2.69. The van der Waals surface area contributed by atoms with E-state index >= 15 is 0 Å². The summed E-state index contributed by atoms with van der Waals surface area (Å²) in [4.78, 5) is 27.6. The van der Waals surface area contributed by atoms with Crippen molar-refractivity contribution in [3.05, 3.63) is 66.2 Å². The van der Waals surface area contributed by atoms with Crippen molar-refractivity contribution in [2.75, 3.05) is 13.7 Å². The highest BCUT2D eigenvalue weighted by molar-refractivity contribution is 9.10. The topological polar surface area (TPSA) is 85.7 Å². The minimum atomic E-state index is -0.644. The van der Waals surface area contributed by atoms with E-state index in [2.05, 4.69) is 26.0 Å². The summed E-state index contributed by atoms with van der Waals surface area (Å²) >= 11 is 9.92. The van der Waals surface area contributed by atoms with Crippen molar-refractivity contribution in [3.63, 3.8) is 0 Å². The van der Waals surface area contributed by atoms with Crippen molar-refractivity contribution >= 4 is 44.6 Å². The maximum Gasteiger partial charge on any atom is 0.349 e. The van der Waals surface area contributed by atoms with Crippen molar-refractivity contribution in [1.82, 2.24) is 9.66 Å². The second-order valence-electron chi connectivity index (χ2n) is 7.81. The molecule has 0 amide bonds. The minimum Gasteiger partial charge on any atom is -0.493 e. The Morgan fingerprint density at radius 1 is 1.27 bits per heavy atom. The molecule has 0 saturated heterocycles. The normalized spacial score (nSPS) is 11.9. The zero-order valence-corrected chi connectivity index (χ0v) is 19.3. The molecular formula is C21H21BrClN3O4. The van der Waals surface area contributed by atoms with Gasteiger partial charge in [0, 0.05) is 10.0 Å². The summed E-state index contributed by atoms with van der Waals surface area (Å²) in [5, 5.41) is 4.73. The molecule has 3 rings (SSSR count). The molecule has 0 aliphatic carbocycles. The van der Waals surface area contributed by atoms with E-state index in [1.807, 2.05) is 20.8 Å². The van der Waals surface area contributed by atoms with Crippen molar-refractivity contribution in [2.45, 2.75) is 20.8 Å². The van der Waals surface area contributed by atoms with Crippen LogP contribution in [-0.2, 0) is 0 Å². The molecule has 158 valence electrons. The molecule has 9 heteroatoms. The second-order valence-corrected chi connectivity index (χ2v) is 8.98. The van der Waals surface area contributed by atoms with Gasteiger partial charge in [0.15, 0.2) is 11.5 Å². The van der Waals surface area contributed by atoms with Crippen LogP contribution in [0.4, 0.5) is 0 Å². The van der Waals surface area contributed by atoms with Gasteiger partial charge in [-0.1, -0.05) is 44.5 Å². The fraction of sp³-hybridized carbons (Fsp3) is 0.286. The Bertz CT molecular complexity index is 1240. The third-order valence-corrected chi connectivity index (χ3v) is 5.56. The molecule has 1 aromatic heterocycles. The van der Waals surface area contributed by atoms with Gasteiger partial charge < -0.3 is 14.5 Å². The summed E-state index contributed by atoms with van der Waals surface area (Å²) in [6.45, 7) is 6.57. The van der Waals surface area contributed by atoms with Crippen LogP contribution in [0.15, 0.2) is 49.5 Å². The zero-order valence-electron chi connectivity index (χ0n) is 17.0. The summed E-state index contributed by atoms with van der Waals surface area (Å²) in [5.74, 6) is 0.813. The van der Waals surface area contributed by atoms with Crippen LogP contribution >= 0.6 is 27.5 Å². The van der Waals surface area contributed by atoms with Gasteiger partial charge in [0.2, 0.25) is 0 Å². The standard InChI is InChI=1S/C21H21BrClN3O4/c1-21(2,3)11-30-18-15(29-4)9-12(16(22)17(18)23)10-24-26-19(27)13-7-5-6-8-14(13)25-20(26)28/h5-10H,11H2,1-4H3,(H,25,28). The van der Waals surface area contributed by atoms with Crippen LogP contribution in [0.3, 0.4) is 0 Å². The molecule has 1 heterocycles. The first kappa shape index (κ1) is 22.1. The number of aromatic nitrogens is 2.